The molecular weight excluding hydrogens is 236 g/mol. The molecule has 0 fully saturated rings. The van der Waals surface area contributed by atoms with Crippen molar-refractivity contribution in [3.63, 3.8) is 0 Å². The third kappa shape index (κ3) is 3.97. The van der Waals surface area contributed by atoms with Crippen LogP contribution in [0.1, 0.15) is 20.3 Å². The monoisotopic (exact) mass is 250 g/mol. The Bertz CT molecular complexity index is 330. The number of hydrogen-bond donors (Lipinski definition) is 3. The lowest BCUT2D eigenvalue weighted by molar-refractivity contribution is -0.136. The lowest BCUT2D eigenvalue weighted by Gasteiger charge is -2.14. The molecule has 0 saturated heterocycles. The molecule has 0 heterocycles. The predicted octanol–water partition coefficient (Wildman–Crippen LogP) is -0.818. The van der Waals surface area contributed by atoms with Gasteiger partial charge in [-0.15, -0.1) is 0 Å². The smallest absolute Gasteiger partial charge is 0.319 e. The number of carbonyl (C=O) groups is 3. The van der Waals surface area contributed by atoms with Crippen molar-refractivity contribution in [3.05, 3.63) is 0 Å². The Morgan fingerprint density at radius 2 is 1.94 bits per heavy atom. The number of hydrogen-bond acceptors (Lipinski definition) is 4. The van der Waals surface area contributed by atoms with Crippen LogP contribution >= 0.6 is 0 Å². The molecule has 4 N–H and O–H groups in total. The molecular formula is C8H14N2O5S. The normalized spacial score (nSPS) is 15.9. The molecule has 0 aliphatic heterocycles. The van der Waals surface area contributed by atoms with Gasteiger partial charge in [0.1, 0.15) is 10.5 Å². The number of amides is 3. The van der Waals surface area contributed by atoms with Crippen LogP contribution in [-0.2, 0) is 20.4 Å². The van der Waals surface area contributed by atoms with Crippen molar-refractivity contribution in [1.82, 2.24) is 5.32 Å². The van der Waals surface area contributed by atoms with Crippen molar-refractivity contribution in [3.8, 4) is 0 Å². The van der Waals surface area contributed by atoms with E-state index in [4.69, 9.17) is 10.8 Å². The molecule has 8 heteroatoms. The Hall–Kier alpha value is -1.44. The van der Waals surface area contributed by atoms with Gasteiger partial charge in [0, 0.05) is 10.8 Å². The van der Waals surface area contributed by atoms with Crippen molar-refractivity contribution in [2.75, 3.05) is 0 Å². The summed E-state index contributed by atoms with van der Waals surface area (Å²) in [4.78, 5) is 32.3. The fourth-order valence-electron chi connectivity index (χ4n) is 1.01. The van der Waals surface area contributed by atoms with Crippen LogP contribution in [-0.4, -0.2) is 37.7 Å². The van der Waals surface area contributed by atoms with Crippen LogP contribution < -0.4 is 11.1 Å². The summed E-state index contributed by atoms with van der Waals surface area (Å²) in [6.45, 7) is 2.83. The van der Waals surface area contributed by atoms with Crippen molar-refractivity contribution < 1.29 is 23.7 Å². The van der Waals surface area contributed by atoms with Crippen LogP contribution in [0.2, 0.25) is 0 Å². The van der Waals surface area contributed by atoms with Crippen molar-refractivity contribution in [2.45, 2.75) is 30.8 Å². The molecule has 92 valence electrons. The van der Waals surface area contributed by atoms with E-state index in [2.05, 4.69) is 0 Å². The number of urea groups is 1. The lowest BCUT2D eigenvalue weighted by Crippen LogP contribution is -2.45. The fourth-order valence-corrected chi connectivity index (χ4v) is 2.30. The molecule has 0 aromatic heterocycles. The molecule has 0 radical (unpaired) electrons. The highest BCUT2D eigenvalue weighted by atomic mass is 32.2. The van der Waals surface area contributed by atoms with Gasteiger partial charge in [0.25, 0.3) is 0 Å². The molecule has 3 amide bonds. The van der Waals surface area contributed by atoms with Crippen LogP contribution in [0.4, 0.5) is 4.79 Å². The molecule has 0 aromatic carbocycles. The van der Waals surface area contributed by atoms with Crippen molar-refractivity contribution >= 4 is 28.7 Å². The molecule has 7 nitrogen and oxygen atoms in total. The zero-order valence-corrected chi connectivity index (χ0v) is 9.74. The fraction of sp³-hybridized carbons (Fsp3) is 0.625. The zero-order valence-electron chi connectivity index (χ0n) is 8.93. The van der Waals surface area contributed by atoms with Gasteiger partial charge in [0.15, 0.2) is 0 Å². The average molecular weight is 250 g/mol. The lowest BCUT2D eigenvalue weighted by atomic mass is 10.3. The van der Waals surface area contributed by atoms with Crippen LogP contribution in [0, 0.1) is 0 Å². The number of imide groups is 1. The summed E-state index contributed by atoms with van der Waals surface area (Å²) in [5, 5.41) is 8.26. The molecule has 0 aliphatic rings. The predicted molar refractivity (Wildman–Crippen MR) is 57.0 cm³/mol. The van der Waals surface area contributed by atoms with Crippen molar-refractivity contribution in [1.29, 1.82) is 0 Å². The summed E-state index contributed by atoms with van der Waals surface area (Å²) in [6, 6.07) is -1.06. The van der Waals surface area contributed by atoms with E-state index in [1.54, 1.807) is 12.2 Å². The number of aliphatic carboxylic acids is 1. The van der Waals surface area contributed by atoms with Crippen LogP contribution in [0.15, 0.2) is 0 Å². The van der Waals surface area contributed by atoms with E-state index in [1.807, 2.05) is 0 Å². The SMILES string of the molecule is CCC(C(=O)O)S(=O)C(C)C(=O)NC(N)=O. The van der Waals surface area contributed by atoms with Crippen LogP contribution in [0.5, 0.6) is 0 Å². The second kappa shape index (κ2) is 6.21. The van der Waals surface area contributed by atoms with Gasteiger partial charge in [-0.05, 0) is 13.3 Å². The van der Waals surface area contributed by atoms with Gasteiger partial charge < -0.3 is 10.8 Å². The van der Waals surface area contributed by atoms with Gasteiger partial charge in [-0.1, -0.05) is 6.92 Å². The van der Waals surface area contributed by atoms with Crippen LogP contribution in [0.25, 0.3) is 0 Å². The van der Waals surface area contributed by atoms with E-state index in [0.29, 0.717) is 0 Å². The summed E-state index contributed by atoms with van der Waals surface area (Å²) in [5.41, 5.74) is 4.71. The zero-order chi connectivity index (χ0) is 12.9. The topological polar surface area (TPSA) is 127 Å². The maximum Gasteiger partial charge on any atom is 0.319 e. The summed E-state index contributed by atoms with van der Waals surface area (Å²) >= 11 is 0. The van der Waals surface area contributed by atoms with Crippen LogP contribution in [0.3, 0.4) is 0 Å². The largest absolute Gasteiger partial charge is 0.480 e. The maximum atomic E-state index is 11.7. The first kappa shape index (κ1) is 14.6. The number of rotatable bonds is 5. The Labute approximate surface area is 94.8 Å². The molecule has 0 rings (SSSR count). The minimum Gasteiger partial charge on any atom is -0.480 e. The molecule has 16 heavy (non-hydrogen) atoms. The second-order valence-corrected chi connectivity index (χ2v) is 4.99. The highest BCUT2D eigenvalue weighted by Crippen LogP contribution is 2.08. The molecule has 0 spiro atoms. The maximum absolute atomic E-state index is 11.7. The van der Waals surface area contributed by atoms with E-state index < -0.39 is 39.2 Å². The Morgan fingerprint density at radius 3 is 2.25 bits per heavy atom. The van der Waals surface area contributed by atoms with Gasteiger partial charge in [-0.3, -0.25) is 19.1 Å². The van der Waals surface area contributed by atoms with Gasteiger partial charge in [0.2, 0.25) is 5.91 Å². The third-order valence-corrected chi connectivity index (χ3v) is 3.90. The van der Waals surface area contributed by atoms with E-state index in [-0.39, 0.29) is 6.42 Å². The number of carbonyl (C=O) groups excluding carboxylic acids is 2. The number of carboxylic acids is 1. The molecule has 3 atom stereocenters. The molecule has 0 aliphatic carbocycles. The summed E-state index contributed by atoms with van der Waals surface area (Å²) < 4.78 is 11.7. The van der Waals surface area contributed by atoms with Gasteiger partial charge >= 0.3 is 12.0 Å². The Balaban J connectivity index is 4.65. The number of carboxylic acid groups (broad SMARTS) is 1. The summed E-state index contributed by atoms with van der Waals surface area (Å²) in [5.74, 6) is -2.08. The molecule has 0 bridgehead atoms. The summed E-state index contributed by atoms with van der Waals surface area (Å²) in [7, 11) is -1.90. The Kier molecular flexibility index (Phi) is 5.65. The first-order chi connectivity index (χ1) is 7.31. The average Bonchev–Trinajstić information content (AvgIpc) is 2.15. The van der Waals surface area contributed by atoms with E-state index in [9.17, 15) is 18.6 Å². The molecule has 0 saturated carbocycles. The third-order valence-electron chi connectivity index (χ3n) is 1.89. The van der Waals surface area contributed by atoms with Gasteiger partial charge in [-0.2, -0.15) is 0 Å². The van der Waals surface area contributed by atoms with E-state index in [1.165, 1.54) is 6.92 Å². The standard InChI is InChI=1S/C8H14N2O5S/c1-3-5(7(12)13)16(15)4(2)6(11)10-8(9)14/h4-5H,3H2,1-2H3,(H,12,13)(H3,9,10,11,14). The first-order valence-corrected chi connectivity index (χ1v) is 5.81. The highest BCUT2D eigenvalue weighted by molar-refractivity contribution is 7.87. The second-order valence-electron chi connectivity index (χ2n) is 3.06. The first-order valence-electron chi connectivity index (χ1n) is 4.53. The van der Waals surface area contributed by atoms with Crippen molar-refractivity contribution in [2.24, 2.45) is 5.73 Å². The molecule has 3 unspecified atom stereocenters. The minimum absolute atomic E-state index is 0.135. The minimum atomic E-state index is -1.90. The van der Waals surface area contributed by atoms with Gasteiger partial charge in [0.05, 0.1) is 0 Å². The van der Waals surface area contributed by atoms with Gasteiger partial charge in [-0.25, -0.2) is 4.79 Å². The summed E-state index contributed by atoms with van der Waals surface area (Å²) in [6.07, 6.45) is 0.135. The van der Waals surface area contributed by atoms with E-state index in [0.717, 1.165) is 0 Å². The Morgan fingerprint density at radius 1 is 1.44 bits per heavy atom. The highest BCUT2D eigenvalue weighted by Gasteiger charge is 2.31. The quantitative estimate of drug-likeness (QED) is 0.587. The number of nitrogens with two attached hydrogens (primary N) is 1. The molecule has 0 aromatic rings. The number of primary amides is 1. The van der Waals surface area contributed by atoms with E-state index >= 15 is 0 Å². The number of nitrogens with one attached hydrogen (secondary N) is 1.